The molecule has 0 amide bonds. The smallest absolute Gasteiger partial charge is 0.461 e. The van der Waals surface area contributed by atoms with Crippen molar-refractivity contribution in [3.63, 3.8) is 0 Å². The second-order valence-corrected chi connectivity index (χ2v) is 3.77. The molecule has 0 spiro atoms. The Morgan fingerprint density at radius 2 is 2.00 bits per heavy atom. The maximum Gasteiger partial charge on any atom is 0.536 e. The highest BCUT2D eigenvalue weighted by Crippen LogP contribution is 2.24. The number of carbonyl (C=O) groups is 1. The number of nitrogens with zero attached hydrogens (tertiary/aromatic N) is 2. The Bertz CT molecular complexity index is 461. The predicted octanol–water partition coefficient (Wildman–Crippen LogP) is 0.295. The molecule has 0 atom stereocenters. The van der Waals surface area contributed by atoms with Crippen molar-refractivity contribution in [3.05, 3.63) is 0 Å². The number of hydrogen-bond donors (Lipinski definition) is 0. The van der Waals surface area contributed by atoms with Crippen molar-refractivity contribution in [3.8, 4) is 6.07 Å². The van der Waals surface area contributed by atoms with Crippen LogP contribution in [0.25, 0.3) is 0 Å². The van der Waals surface area contributed by atoms with Gasteiger partial charge in [-0.15, -0.1) is 0 Å². The quantitative estimate of drug-likeness (QED) is 0.316. The first-order valence-electron chi connectivity index (χ1n) is 3.80. The minimum atomic E-state index is -6.00. The van der Waals surface area contributed by atoms with Crippen molar-refractivity contribution in [1.29, 1.82) is 5.26 Å². The summed E-state index contributed by atoms with van der Waals surface area (Å²) in [4.78, 5) is 10.8. The molecule has 0 heterocycles. The van der Waals surface area contributed by atoms with E-state index < -0.39 is 27.3 Å². The Morgan fingerprint density at radius 1 is 1.47 bits per heavy atom. The summed E-state index contributed by atoms with van der Waals surface area (Å²) in [6.45, 7) is 1.19. The molecule has 0 fully saturated rings. The van der Waals surface area contributed by atoms with Gasteiger partial charge in [-0.1, -0.05) is 0 Å². The highest BCUT2D eigenvalue weighted by molar-refractivity contribution is 7.87. The molecule has 96 valence electrons. The summed E-state index contributed by atoms with van der Waals surface area (Å²) < 4.78 is 63.3. The van der Waals surface area contributed by atoms with Gasteiger partial charge in [0.2, 0.25) is 0 Å². The number of rotatable bonds is 4. The van der Waals surface area contributed by atoms with Gasteiger partial charge >= 0.3 is 21.6 Å². The topological polar surface area (TPSA) is 106 Å². The van der Waals surface area contributed by atoms with Crippen LogP contribution in [0.5, 0.6) is 0 Å². The fraction of sp³-hybridized carbons (Fsp3) is 0.500. The average molecular weight is 274 g/mol. The van der Waals surface area contributed by atoms with Crippen LogP contribution in [0.15, 0.2) is 5.16 Å². The summed E-state index contributed by atoms with van der Waals surface area (Å²) >= 11 is 0. The number of alkyl halides is 3. The van der Waals surface area contributed by atoms with Crippen molar-refractivity contribution >= 4 is 21.8 Å². The lowest BCUT2D eigenvalue weighted by atomic mass is 10.4. The van der Waals surface area contributed by atoms with Gasteiger partial charge in [-0.05, 0) is 12.1 Å². The minimum Gasteiger partial charge on any atom is -0.461 e. The fourth-order valence-electron chi connectivity index (χ4n) is 0.431. The molecule has 0 aromatic heterocycles. The van der Waals surface area contributed by atoms with Crippen LogP contribution >= 0.6 is 0 Å². The van der Waals surface area contributed by atoms with Crippen LogP contribution in [0.1, 0.15) is 6.92 Å². The van der Waals surface area contributed by atoms with Gasteiger partial charge in [-0.3, -0.25) is 4.28 Å². The molecule has 11 heteroatoms. The fourth-order valence-corrected chi connectivity index (χ4v) is 0.689. The molecule has 0 rings (SSSR count). The molecule has 17 heavy (non-hydrogen) atoms. The van der Waals surface area contributed by atoms with Crippen LogP contribution < -0.4 is 0 Å². The SMILES string of the molecule is CCOC(=O)/C(C#N)=N\OS(=O)(=O)C(F)(F)F. The van der Waals surface area contributed by atoms with Gasteiger partial charge in [0.1, 0.15) is 6.07 Å². The molecule has 7 nitrogen and oxygen atoms in total. The summed E-state index contributed by atoms with van der Waals surface area (Å²) in [5, 5.41) is 10.6. The Kier molecular flexibility index (Phi) is 4.89. The molecule has 0 aliphatic rings. The van der Waals surface area contributed by atoms with Crippen LogP contribution in [-0.2, 0) is 23.9 Å². The third kappa shape index (κ3) is 4.27. The Balaban J connectivity index is 4.95. The van der Waals surface area contributed by atoms with Crippen LogP contribution in [0.4, 0.5) is 13.2 Å². The van der Waals surface area contributed by atoms with Crippen molar-refractivity contribution < 1.29 is 35.4 Å². The van der Waals surface area contributed by atoms with Gasteiger partial charge in [0.15, 0.2) is 0 Å². The zero-order chi connectivity index (χ0) is 13.7. The number of hydrogen-bond acceptors (Lipinski definition) is 7. The van der Waals surface area contributed by atoms with Crippen molar-refractivity contribution in [2.45, 2.75) is 12.4 Å². The first kappa shape index (κ1) is 15.2. The molecular formula is C6H5F3N2O5S. The molecular weight excluding hydrogens is 269 g/mol. The molecule has 0 aromatic carbocycles. The van der Waals surface area contributed by atoms with Crippen LogP contribution in [0.2, 0.25) is 0 Å². The summed E-state index contributed by atoms with van der Waals surface area (Å²) in [6.07, 6.45) is 0. The number of ether oxygens (including phenoxy) is 1. The summed E-state index contributed by atoms with van der Waals surface area (Å²) in [5.41, 5.74) is -6.95. The standard InChI is InChI=1S/C6H5F3N2O5S/c1-2-15-5(12)4(3-10)11-16-17(13,14)6(7,8)9/h2H2,1H3/b11-4-. The molecule has 0 aliphatic heterocycles. The minimum absolute atomic E-state index is 0.175. The third-order valence-corrected chi connectivity index (χ3v) is 1.92. The van der Waals surface area contributed by atoms with E-state index in [9.17, 15) is 26.4 Å². The van der Waals surface area contributed by atoms with E-state index in [4.69, 9.17) is 5.26 Å². The van der Waals surface area contributed by atoms with E-state index in [2.05, 4.69) is 14.2 Å². The molecule has 0 saturated carbocycles. The third-order valence-electron chi connectivity index (χ3n) is 1.08. The molecule has 0 aliphatic carbocycles. The highest BCUT2D eigenvalue weighted by atomic mass is 32.2. The second kappa shape index (κ2) is 5.48. The van der Waals surface area contributed by atoms with E-state index >= 15 is 0 Å². The monoisotopic (exact) mass is 274 g/mol. The summed E-state index contributed by atoms with van der Waals surface area (Å²) in [7, 11) is -6.00. The van der Waals surface area contributed by atoms with Crippen molar-refractivity contribution in [2.24, 2.45) is 5.16 Å². The second-order valence-electron chi connectivity index (χ2n) is 2.25. The largest absolute Gasteiger partial charge is 0.536 e. The number of halogens is 3. The zero-order valence-corrected chi connectivity index (χ0v) is 9.00. The molecule has 0 bridgehead atoms. The first-order chi connectivity index (χ1) is 7.65. The van der Waals surface area contributed by atoms with Gasteiger partial charge in [-0.25, -0.2) is 4.79 Å². The lowest BCUT2D eigenvalue weighted by molar-refractivity contribution is -0.135. The summed E-state index contributed by atoms with van der Waals surface area (Å²) in [6, 6.07) is 1.03. The molecule has 0 N–H and O–H groups in total. The van der Waals surface area contributed by atoms with E-state index in [1.54, 1.807) is 0 Å². The van der Waals surface area contributed by atoms with Crippen molar-refractivity contribution in [1.82, 2.24) is 0 Å². The number of carbonyl (C=O) groups excluding carboxylic acids is 1. The van der Waals surface area contributed by atoms with Gasteiger partial charge < -0.3 is 4.74 Å². The van der Waals surface area contributed by atoms with E-state index in [1.807, 2.05) is 0 Å². The maximum atomic E-state index is 11.8. The Labute approximate surface area is 93.5 Å². The van der Waals surface area contributed by atoms with Gasteiger partial charge in [0.05, 0.1) is 6.61 Å². The number of nitriles is 1. The highest BCUT2D eigenvalue weighted by Gasteiger charge is 2.49. The molecule has 0 saturated heterocycles. The van der Waals surface area contributed by atoms with Crippen LogP contribution in [-0.4, -0.2) is 32.2 Å². The summed E-state index contributed by atoms with van der Waals surface area (Å²) in [5.74, 6) is -1.40. The predicted molar refractivity (Wildman–Crippen MR) is 45.7 cm³/mol. The van der Waals surface area contributed by atoms with Gasteiger partial charge in [0, 0.05) is 0 Å². The Hall–Kier alpha value is -1.83. The molecule has 0 radical (unpaired) electrons. The Morgan fingerprint density at radius 3 is 2.35 bits per heavy atom. The molecule has 0 unspecified atom stereocenters. The van der Waals surface area contributed by atoms with E-state index in [1.165, 1.54) is 6.92 Å². The number of oxime groups is 1. The normalized spacial score (nSPS) is 12.8. The number of esters is 1. The van der Waals surface area contributed by atoms with Gasteiger partial charge in [0.25, 0.3) is 5.71 Å². The first-order valence-corrected chi connectivity index (χ1v) is 5.21. The van der Waals surface area contributed by atoms with Crippen LogP contribution in [0, 0.1) is 11.3 Å². The lowest BCUT2D eigenvalue weighted by Gasteiger charge is -2.04. The van der Waals surface area contributed by atoms with E-state index in [0.717, 1.165) is 6.07 Å². The van der Waals surface area contributed by atoms with Crippen molar-refractivity contribution in [2.75, 3.05) is 6.61 Å². The zero-order valence-electron chi connectivity index (χ0n) is 8.18. The average Bonchev–Trinajstić information content (AvgIpc) is 2.17. The van der Waals surface area contributed by atoms with Crippen LogP contribution in [0.3, 0.4) is 0 Å². The van der Waals surface area contributed by atoms with E-state index in [-0.39, 0.29) is 6.61 Å². The lowest BCUT2D eigenvalue weighted by Crippen LogP contribution is -2.25. The van der Waals surface area contributed by atoms with Gasteiger partial charge in [-0.2, -0.15) is 26.9 Å². The van der Waals surface area contributed by atoms with E-state index in [0.29, 0.717) is 0 Å². The molecule has 0 aromatic rings. The maximum absolute atomic E-state index is 11.8.